The number of thioether (sulfide) groups is 1. The van der Waals surface area contributed by atoms with Gasteiger partial charge in [-0.15, -0.1) is 10.2 Å². The number of piperazine rings is 1. The van der Waals surface area contributed by atoms with Crippen molar-refractivity contribution in [1.29, 1.82) is 0 Å². The van der Waals surface area contributed by atoms with E-state index in [1.165, 1.54) is 11.8 Å². The molecule has 136 valence electrons. The van der Waals surface area contributed by atoms with Crippen molar-refractivity contribution in [1.82, 2.24) is 24.6 Å². The normalized spacial score (nSPS) is 17.0. The zero-order valence-corrected chi connectivity index (χ0v) is 16.0. The highest BCUT2D eigenvalue weighted by Gasteiger charge is 2.26. The summed E-state index contributed by atoms with van der Waals surface area (Å²) in [6.07, 6.45) is 1.65. The first-order chi connectivity index (χ1) is 12.0. The van der Waals surface area contributed by atoms with Crippen LogP contribution in [0, 0.1) is 6.92 Å². The number of carbonyl (C=O) groups is 1. The Morgan fingerprint density at radius 2 is 2.04 bits per heavy atom. The molecule has 25 heavy (non-hydrogen) atoms. The summed E-state index contributed by atoms with van der Waals surface area (Å²) in [6.45, 7) is 10.5. The molecule has 0 radical (unpaired) electrons. The highest BCUT2D eigenvalue weighted by molar-refractivity contribution is 8.00. The lowest BCUT2D eigenvalue weighted by molar-refractivity contribution is -0.132. The highest BCUT2D eigenvalue weighted by atomic mass is 32.2. The lowest BCUT2D eigenvalue weighted by atomic mass is 10.2. The number of hydrogen-bond acceptors (Lipinski definition) is 6. The Balaban J connectivity index is 1.65. The first-order valence-corrected chi connectivity index (χ1v) is 9.50. The summed E-state index contributed by atoms with van der Waals surface area (Å²) in [6, 6.07) is 1.88. The molecule has 1 aliphatic rings. The molecule has 1 fully saturated rings. The van der Waals surface area contributed by atoms with Crippen molar-refractivity contribution in [3.63, 3.8) is 0 Å². The van der Waals surface area contributed by atoms with E-state index >= 15 is 0 Å². The molecule has 1 amide bonds. The van der Waals surface area contributed by atoms with Crippen LogP contribution in [0.25, 0.3) is 11.4 Å². The maximum Gasteiger partial charge on any atom is 0.235 e. The van der Waals surface area contributed by atoms with Gasteiger partial charge in [-0.05, 0) is 26.5 Å². The number of hydrogen-bond donors (Lipinski definition) is 0. The van der Waals surface area contributed by atoms with Gasteiger partial charge in [-0.2, -0.15) is 0 Å². The molecule has 0 aromatic carbocycles. The summed E-state index contributed by atoms with van der Waals surface area (Å²) in [5, 5.41) is 9.08. The topological polar surface area (TPSA) is 67.4 Å². The van der Waals surface area contributed by atoms with E-state index in [1.807, 2.05) is 36.4 Å². The van der Waals surface area contributed by atoms with Crippen molar-refractivity contribution < 1.29 is 9.21 Å². The van der Waals surface area contributed by atoms with Gasteiger partial charge in [-0.3, -0.25) is 4.79 Å². The third-order valence-corrected chi connectivity index (χ3v) is 5.82. The van der Waals surface area contributed by atoms with Crippen molar-refractivity contribution in [2.75, 3.05) is 32.7 Å². The van der Waals surface area contributed by atoms with Crippen molar-refractivity contribution >= 4 is 17.7 Å². The summed E-state index contributed by atoms with van der Waals surface area (Å²) in [5.74, 6) is 1.74. The average Bonchev–Trinajstić information content (AvgIpc) is 3.20. The van der Waals surface area contributed by atoms with Gasteiger partial charge >= 0.3 is 0 Å². The second-order valence-electron chi connectivity index (χ2n) is 6.28. The van der Waals surface area contributed by atoms with Crippen LogP contribution in [0.2, 0.25) is 0 Å². The van der Waals surface area contributed by atoms with Crippen LogP contribution in [0.15, 0.2) is 21.9 Å². The first-order valence-electron chi connectivity index (χ1n) is 8.63. The molecule has 0 aliphatic carbocycles. The SMILES string of the molecule is CCN1CCN(C(=O)C(C)Sc2nnc(-c3ccoc3C)n2C)CC1. The Hall–Kier alpha value is -1.80. The van der Waals surface area contributed by atoms with E-state index < -0.39 is 0 Å². The van der Waals surface area contributed by atoms with Gasteiger partial charge in [0, 0.05) is 33.2 Å². The molecule has 1 atom stereocenters. The third kappa shape index (κ3) is 3.74. The van der Waals surface area contributed by atoms with E-state index in [-0.39, 0.29) is 11.2 Å². The molecule has 0 N–H and O–H groups in total. The van der Waals surface area contributed by atoms with Crippen LogP contribution in [-0.4, -0.2) is 68.4 Å². The van der Waals surface area contributed by atoms with Gasteiger partial charge in [-0.25, -0.2) is 0 Å². The van der Waals surface area contributed by atoms with E-state index in [9.17, 15) is 4.79 Å². The Morgan fingerprint density at radius 1 is 1.32 bits per heavy atom. The summed E-state index contributed by atoms with van der Waals surface area (Å²) in [7, 11) is 1.92. The number of furan rings is 1. The lowest BCUT2D eigenvalue weighted by Crippen LogP contribution is -2.50. The zero-order chi connectivity index (χ0) is 18.0. The standard InChI is InChI=1S/C17H25N5O2S/c1-5-21-7-9-22(10-8-21)16(23)13(3)25-17-19-18-15(20(17)4)14-6-11-24-12(14)2/h6,11,13H,5,7-10H2,1-4H3. The zero-order valence-electron chi connectivity index (χ0n) is 15.2. The van der Waals surface area contributed by atoms with Crippen molar-refractivity contribution in [2.45, 2.75) is 31.2 Å². The predicted molar refractivity (Wildman–Crippen MR) is 97.5 cm³/mol. The van der Waals surface area contributed by atoms with Gasteiger partial charge in [0.15, 0.2) is 11.0 Å². The van der Waals surface area contributed by atoms with Crippen molar-refractivity contribution in [2.24, 2.45) is 7.05 Å². The third-order valence-electron chi connectivity index (χ3n) is 4.70. The molecule has 3 rings (SSSR count). The summed E-state index contributed by atoms with van der Waals surface area (Å²) in [5.41, 5.74) is 0.927. The molecule has 0 saturated carbocycles. The fourth-order valence-electron chi connectivity index (χ4n) is 3.02. The molecule has 0 bridgehead atoms. The maximum absolute atomic E-state index is 12.7. The minimum Gasteiger partial charge on any atom is -0.469 e. The van der Waals surface area contributed by atoms with Crippen LogP contribution in [0.3, 0.4) is 0 Å². The Kier molecular flexibility index (Phi) is 5.48. The van der Waals surface area contributed by atoms with Crippen LogP contribution >= 0.6 is 11.8 Å². The molecule has 2 aromatic heterocycles. The van der Waals surface area contributed by atoms with E-state index in [4.69, 9.17) is 4.42 Å². The van der Waals surface area contributed by atoms with Crippen LogP contribution in [0.4, 0.5) is 0 Å². The molecule has 3 heterocycles. The van der Waals surface area contributed by atoms with E-state index in [2.05, 4.69) is 22.0 Å². The smallest absolute Gasteiger partial charge is 0.235 e. The maximum atomic E-state index is 12.7. The minimum atomic E-state index is -0.186. The predicted octanol–water partition coefficient (Wildman–Crippen LogP) is 2.03. The molecular weight excluding hydrogens is 338 g/mol. The number of likely N-dealkylation sites (N-methyl/N-ethyl adjacent to an activating group) is 1. The molecular formula is C17H25N5O2S. The Bertz CT molecular complexity index is 733. The van der Waals surface area contributed by atoms with Gasteiger partial charge in [0.25, 0.3) is 0 Å². The summed E-state index contributed by atoms with van der Waals surface area (Å²) < 4.78 is 7.27. The second kappa shape index (κ2) is 7.61. The summed E-state index contributed by atoms with van der Waals surface area (Å²) in [4.78, 5) is 17.0. The minimum absolute atomic E-state index is 0.171. The fourth-order valence-corrected chi connectivity index (χ4v) is 3.92. The number of amides is 1. The van der Waals surface area contributed by atoms with Crippen molar-refractivity contribution in [3.8, 4) is 11.4 Å². The molecule has 1 aliphatic heterocycles. The quantitative estimate of drug-likeness (QED) is 0.757. The largest absolute Gasteiger partial charge is 0.469 e. The van der Waals surface area contributed by atoms with Gasteiger partial charge in [-0.1, -0.05) is 18.7 Å². The van der Waals surface area contributed by atoms with Crippen LogP contribution in [0.5, 0.6) is 0 Å². The number of aryl methyl sites for hydroxylation is 1. The molecule has 1 saturated heterocycles. The summed E-state index contributed by atoms with van der Waals surface area (Å²) >= 11 is 1.46. The number of nitrogens with zero attached hydrogens (tertiary/aromatic N) is 5. The fraction of sp³-hybridized carbons (Fsp3) is 0.588. The van der Waals surface area contributed by atoms with Gasteiger partial charge < -0.3 is 18.8 Å². The van der Waals surface area contributed by atoms with E-state index in [1.54, 1.807) is 6.26 Å². The number of carbonyl (C=O) groups excluding carboxylic acids is 1. The van der Waals surface area contributed by atoms with Crippen LogP contribution in [0.1, 0.15) is 19.6 Å². The number of aromatic nitrogens is 3. The van der Waals surface area contributed by atoms with E-state index in [0.29, 0.717) is 0 Å². The average molecular weight is 363 g/mol. The molecule has 2 aromatic rings. The number of rotatable bonds is 5. The molecule has 7 nitrogen and oxygen atoms in total. The first kappa shape index (κ1) is 18.0. The van der Waals surface area contributed by atoms with Crippen LogP contribution < -0.4 is 0 Å². The molecule has 0 spiro atoms. The monoisotopic (exact) mass is 363 g/mol. The van der Waals surface area contributed by atoms with E-state index in [0.717, 1.165) is 55.0 Å². The van der Waals surface area contributed by atoms with Crippen molar-refractivity contribution in [3.05, 3.63) is 18.1 Å². The second-order valence-corrected chi connectivity index (χ2v) is 7.58. The Morgan fingerprint density at radius 3 is 2.64 bits per heavy atom. The lowest BCUT2D eigenvalue weighted by Gasteiger charge is -2.35. The van der Waals surface area contributed by atoms with Gasteiger partial charge in [0.05, 0.1) is 17.1 Å². The highest BCUT2D eigenvalue weighted by Crippen LogP contribution is 2.28. The van der Waals surface area contributed by atoms with Crippen LogP contribution in [-0.2, 0) is 11.8 Å². The molecule has 1 unspecified atom stereocenters. The Labute approximate surface area is 152 Å². The van der Waals surface area contributed by atoms with Gasteiger partial charge in [0.1, 0.15) is 5.76 Å². The molecule has 8 heteroatoms. The van der Waals surface area contributed by atoms with Gasteiger partial charge in [0.2, 0.25) is 5.91 Å².